The van der Waals surface area contributed by atoms with Crippen molar-refractivity contribution in [1.82, 2.24) is 21.5 Å². The third-order valence-electron chi connectivity index (χ3n) is 6.94. The molecule has 242 valence electrons. The molecule has 1 aliphatic heterocycles. The molecule has 4 aromatic rings. The molecule has 0 bridgehead atoms. The molecule has 0 saturated heterocycles. The number of thiazole rings is 1. The number of aromatic nitrogens is 1. The lowest BCUT2D eigenvalue weighted by molar-refractivity contribution is 0.102. The van der Waals surface area contributed by atoms with Crippen molar-refractivity contribution >= 4 is 50.2 Å². The Hall–Kier alpha value is -4.17. The molecule has 1 aliphatic rings. The van der Waals surface area contributed by atoms with Crippen molar-refractivity contribution in [3.63, 3.8) is 0 Å². The Kier molecular flexibility index (Phi) is 10.5. The van der Waals surface area contributed by atoms with Gasteiger partial charge in [0.05, 0.1) is 22.0 Å². The fourth-order valence-electron chi connectivity index (χ4n) is 4.41. The summed E-state index contributed by atoms with van der Waals surface area (Å²) in [6.45, 7) is 6.74. The van der Waals surface area contributed by atoms with Gasteiger partial charge in [-0.2, -0.15) is 0 Å². The fraction of sp³-hybridized carbons (Fsp3) is 0.281. The molecular formula is C32H35ClN6O5S2. The molecule has 46 heavy (non-hydrogen) atoms. The molecule has 0 fully saturated rings. The fourth-order valence-corrected chi connectivity index (χ4v) is 6.78. The number of hydrazine groups is 2. The van der Waals surface area contributed by atoms with E-state index in [0.29, 0.717) is 53.1 Å². The Labute approximate surface area is 277 Å². The second-order valence-corrected chi connectivity index (χ2v) is 15.1. The van der Waals surface area contributed by atoms with E-state index in [2.05, 4.69) is 52.7 Å². The van der Waals surface area contributed by atoms with Crippen molar-refractivity contribution < 1.29 is 22.7 Å². The van der Waals surface area contributed by atoms with Gasteiger partial charge in [-0.25, -0.2) is 18.9 Å². The molecule has 5 rings (SSSR count). The van der Waals surface area contributed by atoms with E-state index in [-0.39, 0.29) is 28.6 Å². The summed E-state index contributed by atoms with van der Waals surface area (Å²) in [5, 5.41) is 10.3. The molecule has 0 aliphatic carbocycles. The standard InChI is InChI=1S/C32H35ClN6O5S2/c1-32(2,3)28-20-45-30(35-28)19-43-24-8-4-7-22(17-24)31(40)34-26-16-21(9-14-27(26)44-18-29-36-38-39-37-29)6-5-15-46(41,42)25-12-10-23(33)11-13-25/h4,7-14,16-17,20,38-39H,5-6,15,18-19H2,1-3H3,(H,34,40)(H,36,37). The average molecular weight is 683 g/mol. The minimum Gasteiger partial charge on any atom is -0.486 e. The zero-order valence-electron chi connectivity index (χ0n) is 25.6. The number of ether oxygens (including phenoxy) is 2. The number of carbonyl (C=O) groups excluding carboxylic acids is 1. The third kappa shape index (κ3) is 8.97. The third-order valence-corrected chi connectivity index (χ3v) is 9.83. The summed E-state index contributed by atoms with van der Waals surface area (Å²) in [6, 6.07) is 18.4. The number of halogens is 1. The van der Waals surface area contributed by atoms with E-state index in [0.717, 1.165) is 16.3 Å². The molecule has 11 nitrogen and oxygen atoms in total. The van der Waals surface area contributed by atoms with Gasteiger partial charge in [0.2, 0.25) is 0 Å². The van der Waals surface area contributed by atoms with Crippen LogP contribution in [0.2, 0.25) is 5.02 Å². The first-order chi connectivity index (χ1) is 22.0. The molecule has 0 atom stereocenters. The normalized spacial score (nSPS) is 13.0. The summed E-state index contributed by atoms with van der Waals surface area (Å²) in [5.41, 5.74) is 10.7. The number of amidine groups is 1. The van der Waals surface area contributed by atoms with Crippen LogP contribution >= 0.6 is 22.9 Å². The van der Waals surface area contributed by atoms with Crippen molar-refractivity contribution in [2.24, 2.45) is 5.10 Å². The maximum absolute atomic E-state index is 13.4. The van der Waals surface area contributed by atoms with Crippen LogP contribution in [0.1, 0.15) is 53.8 Å². The van der Waals surface area contributed by atoms with Crippen LogP contribution in [0.3, 0.4) is 0 Å². The number of hydrogen-bond donors (Lipinski definition) is 4. The molecule has 0 unspecified atom stereocenters. The van der Waals surface area contributed by atoms with Gasteiger partial charge in [0.15, 0.2) is 15.7 Å². The highest BCUT2D eigenvalue weighted by atomic mass is 35.5. The molecule has 2 heterocycles. The Morgan fingerprint density at radius 3 is 2.54 bits per heavy atom. The van der Waals surface area contributed by atoms with E-state index in [9.17, 15) is 13.2 Å². The zero-order valence-corrected chi connectivity index (χ0v) is 28.0. The topological polar surface area (TPSA) is 143 Å². The number of aryl methyl sites for hydroxylation is 1. The van der Waals surface area contributed by atoms with Gasteiger partial charge >= 0.3 is 0 Å². The van der Waals surface area contributed by atoms with Gasteiger partial charge in [-0.1, -0.05) is 44.5 Å². The van der Waals surface area contributed by atoms with Gasteiger partial charge in [0, 0.05) is 21.4 Å². The Morgan fingerprint density at radius 2 is 1.83 bits per heavy atom. The molecule has 0 radical (unpaired) electrons. The molecule has 0 spiro atoms. The highest BCUT2D eigenvalue weighted by molar-refractivity contribution is 7.91. The van der Waals surface area contributed by atoms with Crippen LogP contribution in [0.15, 0.2) is 82.1 Å². The number of carbonyl (C=O) groups is 1. The summed E-state index contributed by atoms with van der Waals surface area (Å²) in [5.74, 6) is 1.09. The first kappa shape index (κ1) is 33.2. The predicted octanol–water partition coefficient (Wildman–Crippen LogP) is 5.64. The van der Waals surface area contributed by atoms with Gasteiger partial charge in [-0.15, -0.1) is 22.0 Å². The highest BCUT2D eigenvalue weighted by Crippen LogP contribution is 2.29. The number of hydrazone groups is 1. The van der Waals surface area contributed by atoms with Crippen LogP contribution in [0.4, 0.5) is 5.69 Å². The largest absolute Gasteiger partial charge is 0.486 e. The van der Waals surface area contributed by atoms with Gasteiger partial charge in [-0.3, -0.25) is 10.2 Å². The number of nitrogens with one attached hydrogen (secondary N) is 4. The van der Waals surface area contributed by atoms with Crippen LogP contribution in [0, 0.1) is 0 Å². The van der Waals surface area contributed by atoms with Gasteiger partial charge in [0.25, 0.3) is 5.91 Å². The predicted molar refractivity (Wildman–Crippen MR) is 180 cm³/mol. The Morgan fingerprint density at radius 1 is 1.02 bits per heavy atom. The van der Waals surface area contributed by atoms with Crippen LogP contribution in [0.5, 0.6) is 11.5 Å². The number of anilines is 1. The molecule has 4 N–H and O–H groups in total. The second-order valence-electron chi connectivity index (χ2n) is 11.6. The van der Waals surface area contributed by atoms with Crippen molar-refractivity contribution in [2.45, 2.75) is 50.5 Å². The Bertz CT molecular complexity index is 1820. The number of sulfone groups is 1. The lowest BCUT2D eigenvalue weighted by Crippen LogP contribution is -2.37. The van der Waals surface area contributed by atoms with Crippen molar-refractivity contribution in [3.05, 3.63) is 99.0 Å². The van der Waals surface area contributed by atoms with E-state index in [1.165, 1.54) is 12.1 Å². The average Bonchev–Trinajstić information content (AvgIpc) is 3.73. The van der Waals surface area contributed by atoms with Crippen molar-refractivity contribution in [3.8, 4) is 11.5 Å². The van der Waals surface area contributed by atoms with E-state index < -0.39 is 9.84 Å². The second kappa shape index (κ2) is 14.5. The van der Waals surface area contributed by atoms with Gasteiger partial charge in [0.1, 0.15) is 29.7 Å². The zero-order chi connectivity index (χ0) is 32.7. The molecule has 0 saturated carbocycles. The van der Waals surface area contributed by atoms with Gasteiger partial charge < -0.3 is 14.8 Å². The molecule has 1 amide bonds. The summed E-state index contributed by atoms with van der Waals surface area (Å²) in [7, 11) is -3.47. The van der Waals surface area contributed by atoms with Crippen LogP contribution < -0.4 is 31.3 Å². The monoisotopic (exact) mass is 682 g/mol. The van der Waals surface area contributed by atoms with Crippen LogP contribution in [-0.4, -0.2) is 37.5 Å². The molecule has 3 aromatic carbocycles. The van der Waals surface area contributed by atoms with E-state index in [4.69, 9.17) is 21.1 Å². The lowest BCUT2D eigenvalue weighted by atomic mass is 9.93. The highest BCUT2D eigenvalue weighted by Gasteiger charge is 2.19. The van der Waals surface area contributed by atoms with Crippen molar-refractivity contribution in [1.29, 1.82) is 0 Å². The molecule has 1 aromatic heterocycles. The van der Waals surface area contributed by atoms with Crippen LogP contribution in [-0.2, 0) is 28.3 Å². The Balaban J connectivity index is 1.27. The SMILES string of the molecule is CC(C)(C)c1csc(COc2cccc(C(=O)Nc3cc(CCCS(=O)(=O)c4ccc(Cl)cc4)ccc3OCC3=NNNN3)c2)n1. The molecular weight excluding hydrogens is 648 g/mol. The number of amides is 1. The maximum Gasteiger partial charge on any atom is 0.255 e. The summed E-state index contributed by atoms with van der Waals surface area (Å²) < 4.78 is 37.5. The van der Waals surface area contributed by atoms with E-state index in [1.54, 1.807) is 59.9 Å². The number of nitrogens with zero attached hydrogens (tertiary/aromatic N) is 2. The quantitative estimate of drug-likeness (QED) is 0.141. The minimum absolute atomic E-state index is 0.0363. The number of rotatable bonds is 13. The summed E-state index contributed by atoms with van der Waals surface area (Å²) >= 11 is 7.45. The smallest absolute Gasteiger partial charge is 0.255 e. The van der Waals surface area contributed by atoms with E-state index in [1.807, 2.05) is 11.4 Å². The summed E-state index contributed by atoms with van der Waals surface area (Å²) in [4.78, 5) is 18.3. The van der Waals surface area contributed by atoms with Gasteiger partial charge in [-0.05, 0) is 73.0 Å². The molecule has 14 heteroatoms. The number of hydrogen-bond acceptors (Lipinski definition) is 11. The summed E-state index contributed by atoms with van der Waals surface area (Å²) in [6.07, 6.45) is 0.849. The minimum atomic E-state index is -3.47. The number of benzene rings is 3. The lowest BCUT2D eigenvalue weighted by Gasteiger charge is -2.15. The first-order valence-corrected chi connectivity index (χ1v) is 17.4. The van der Waals surface area contributed by atoms with E-state index >= 15 is 0 Å². The van der Waals surface area contributed by atoms with Crippen LogP contribution in [0.25, 0.3) is 0 Å². The van der Waals surface area contributed by atoms with Crippen molar-refractivity contribution in [2.75, 3.05) is 17.7 Å². The maximum atomic E-state index is 13.4. The first-order valence-electron chi connectivity index (χ1n) is 14.5.